The third-order valence-electron chi connectivity index (χ3n) is 18.1. The number of carbonyl (C=O) groups is 4. The van der Waals surface area contributed by atoms with E-state index in [0.717, 1.165) is 108 Å². The van der Waals surface area contributed by atoms with Crippen LogP contribution in [-0.4, -0.2) is 96.7 Å². The lowest BCUT2D eigenvalue weighted by Crippen LogP contribution is -2.30. The van der Waals surface area contributed by atoms with Crippen LogP contribution in [0.1, 0.15) is 402 Å². The van der Waals surface area contributed by atoms with Crippen LogP contribution < -0.4 is 0 Å². The number of unbranched alkanes of at least 4 members (excludes halogenated alkanes) is 44. The van der Waals surface area contributed by atoms with Crippen molar-refractivity contribution in [3.63, 3.8) is 0 Å². The van der Waals surface area contributed by atoms with Gasteiger partial charge in [0.1, 0.15) is 19.3 Å². The van der Waals surface area contributed by atoms with Gasteiger partial charge in [-0.15, -0.1) is 0 Å². The van der Waals surface area contributed by atoms with E-state index >= 15 is 0 Å². The van der Waals surface area contributed by atoms with Crippen molar-refractivity contribution >= 4 is 39.5 Å². The molecular weight excluding hydrogens is 1270 g/mol. The molecule has 97 heavy (non-hydrogen) atoms. The number of carbonyl (C=O) groups excluding carboxylic acids is 4. The molecule has 0 rings (SSSR count). The first kappa shape index (κ1) is 95.1. The van der Waals surface area contributed by atoms with Crippen LogP contribution in [0.2, 0.25) is 0 Å². The summed E-state index contributed by atoms with van der Waals surface area (Å²) >= 11 is 0. The zero-order chi connectivity index (χ0) is 71.6. The highest BCUT2D eigenvalue weighted by molar-refractivity contribution is 7.47. The summed E-state index contributed by atoms with van der Waals surface area (Å²) in [5, 5.41) is 10.6. The Kier molecular flexibility index (Phi) is 67.1. The van der Waals surface area contributed by atoms with Gasteiger partial charge in [0.15, 0.2) is 12.2 Å². The average Bonchev–Trinajstić information content (AvgIpc) is 1.42. The topological polar surface area (TPSA) is 237 Å². The van der Waals surface area contributed by atoms with Crippen molar-refractivity contribution in [2.75, 3.05) is 39.6 Å². The zero-order valence-electron chi connectivity index (χ0n) is 63.5. The zero-order valence-corrected chi connectivity index (χ0v) is 65.3. The summed E-state index contributed by atoms with van der Waals surface area (Å²) in [5.41, 5.74) is 0. The SMILES string of the molecule is CCCCCCCCCCCCCCCCCC(=O)OC[C@H](COP(=O)(O)OC[C@@H](O)COP(=O)(O)OC[C@@H](COC(=O)CCCCCCCCC(C)C)OC(=O)CCCCCCCCCCCCCC(C)C)OC(=O)CCCCCCCCCCCCCCCCCCC(C)C. The van der Waals surface area contributed by atoms with Crippen LogP contribution in [0.15, 0.2) is 0 Å². The monoisotopic (exact) mass is 1420 g/mol. The Morgan fingerprint density at radius 2 is 0.474 bits per heavy atom. The summed E-state index contributed by atoms with van der Waals surface area (Å²) < 4.78 is 68.6. The van der Waals surface area contributed by atoms with Crippen LogP contribution in [0.4, 0.5) is 0 Å². The van der Waals surface area contributed by atoms with Crippen molar-refractivity contribution in [3.8, 4) is 0 Å². The van der Waals surface area contributed by atoms with Gasteiger partial charge in [0.2, 0.25) is 0 Å². The molecule has 0 aliphatic heterocycles. The summed E-state index contributed by atoms with van der Waals surface area (Å²) in [6, 6.07) is 0. The van der Waals surface area contributed by atoms with E-state index in [1.165, 1.54) is 205 Å². The lowest BCUT2D eigenvalue weighted by atomic mass is 10.0. The lowest BCUT2D eigenvalue weighted by Gasteiger charge is -2.21. The molecule has 0 bridgehead atoms. The van der Waals surface area contributed by atoms with Gasteiger partial charge in [-0.05, 0) is 43.4 Å². The van der Waals surface area contributed by atoms with E-state index in [1.807, 2.05) is 0 Å². The Labute approximate surface area is 594 Å². The molecule has 0 fully saturated rings. The highest BCUT2D eigenvalue weighted by Crippen LogP contribution is 2.45. The number of aliphatic hydroxyl groups excluding tert-OH is 1. The molecule has 0 aliphatic carbocycles. The molecule has 19 heteroatoms. The van der Waals surface area contributed by atoms with Crippen molar-refractivity contribution in [2.24, 2.45) is 17.8 Å². The Bertz CT molecular complexity index is 1890. The van der Waals surface area contributed by atoms with Gasteiger partial charge in [0.05, 0.1) is 26.4 Å². The minimum Gasteiger partial charge on any atom is -0.462 e. The van der Waals surface area contributed by atoms with Gasteiger partial charge in [0.25, 0.3) is 0 Å². The van der Waals surface area contributed by atoms with E-state index in [4.69, 9.17) is 37.0 Å². The maximum Gasteiger partial charge on any atom is 0.472 e. The third-order valence-corrected chi connectivity index (χ3v) is 20.0. The van der Waals surface area contributed by atoms with Gasteiger partial charge >= 0.3 is 39.5 Å². The molecular formula is C78H152O17P2. The minimum absolute atomic E-state index is 0.105. The molecule has 0 aromatic carbocycles. The van der Waals surface area contributed by atoms with E-state index in [1.54, 1.807) is 0 Å². The molecule has 0 spiro atoms. The van der Waals surface area contributed by atoms with Crippen LogP contribution in [0.3, 0.4) is 0 Å². The second-order valence-corrected chi connectivity index (χ2v) is 32.4. The predicted octanol–water partition coefficient (Wildman–Crippen LogP) is 23.0. The van der Waals surface area contributed by atoms with E-state index in [-0.39, 0.29) is 25.7 Å². The van der Waals surface area contributed by atoms with Crippen molar-refractivity contribution in [3.05, 3.63) is 0 Å². The predicted molar refractivity (Wildman–Crippen MR) is 395 cm³/mol. The number of phosphoric acid groups is 2. The molecule has 2 unspecified atom stereocenters. The van der Waals surface area contributed by atoms with Crippen LogP contribution >= 0.6 is 15.6 Å². The smallest absolute Gasteiger partial charge is 0.462 e. The molecule has 0 aliphatic rings. The number of aliphatic hydroxyl groups is 1. The van der Waals surface area contributed by atoms with E-state index in [9.17, 15) is 43.2 Å². The number of hydrogen-bond donors (Lipinski definition) is 3. The molecule has 0 radical (unpaired) electrons. The molecule has 576 valence electrons. The van der Waals surface area contributed by atoms with Gasteiger partial charge in [-0.25, -0.2) is 9.13 Å². The summed E-state index contributed by atoms with van der Waals surface area (Å²) in [4.78, 5) is 72.9. The van der Waals surface area contributed by atoms with Crippen molar-refractivity contribution in [2.45, 2.75) is 420 Å². The molecule has 5 atom stereocenters. The Balaban J connectivity index is 5.23. The standard InChI is InChI=1S/C78H152O17P2/c1-8-9-10-11-12-13-14-15-18-22-27-32-37-45-52-59-75(80)88-65-73(94-77(82)61-54-47-38-33-28-23-20-17-16-19-21-25-30-35-42-49-56-69(2)3)67-92-96(84,85)90-63-72(79)64-91-97(86,87)93-68-74(66-89-76(81)60-53-46-41-40-44-51-58-71(6)7)95-78(83)62-55-48-39-34-29-24-26-31-36-43-50-57-70(4)5/h69-74,79H,8-68H2,1-7H3,(H,84,85)(H,86,87)/t72-,73-,74-/m1/s1. The molecule has 0 aromatic heterocycles. The number of phosphoric ester groups is 2. The molecule has 0 saturated heterocycles. The number of esters is 4. The fourth-order valence-electron chi connectivity index (χ4n) is 12.0. The van der Waals surface area contributed by atoms with Gasteiger partial charge in [0, 0.05) is 25.7 Å². The van der Waals surface area contributed by atoms with Crippen LogP contribution in [0.5, 0.6) is 0 Å². The lowest BCUT2D eigenvalue weighted by molar-refractivity contribution is -0.161. The molecule has 17 nitrogen and oxygen atoms in total. The molecule has 0 amide bonds. The fraction of sp³-hybridized carbons (Fsp3) is 0.949. The first-order valence-corrected chi connectivity index (χ1v) is 43.3. The van der Waals surface area contributed by atoms with Crippen molar-refractivity contribution in [1.29, 1.82) is 0 Å². The molecule has 0 aromatic rings. The first-order valence-electron chi connectivity index (χ1n) is 40.3. The van der Waals surface area contributed by atoms with Gasteiger partial charge < -0.3 is 33.8 Å². The Hall–Kier alpha value is -1.94. The van der Waals surface area contributed by atoms with Crippen LogP contribution in [0, 0.1) is 17.8 Å². The summed E-state index contributed by atoms with van der Waals surface area (Å²) in [7, 11) is -9.91. The average molecular weight is 1420 g/mol. The molecule has 0 saturated carbocycles. The number of rotatable bonds is 76. The number of ether oxygens (including phenoxy) is 4. The molecule has 3 N–H and O–H groups in total. The van der Waals surface area contributed by atoms with Gasteiger partial charge in [-0.2, -0.15) is 0 Å². The normalized spacial score (nSPS) is 14.0. The molecule has 0 heterocycles. The van der Waals surface area contributed by atoms with Crippen LogP contribution in [-0.2, 0) is 65.4 Å². The van der Waals surface area contributed by atoms with E-state index < -0.39 is 97.5 Å². The first-order chi connectivity index (χ1) is 46.7. The second kappa shape index (κ2) is 68.5. The van der Waals surface area contributed by atoms with Gasteiger partial charge in [-0.1, -0.05) is 350 Å². The fourth-order valence-corrected chi connectivity index (χ4v) is 13.5. The maximum atomic E-state index is 13.1. The maximum absolute atomic E-state index is 13.1. The Morgan fingerprint density at radius 3 is 0.701 bits per heavy atom. The largest absolute Gasteiger partial charge is 0.472 e. The summed E-state index contributed by atoms with van der Waals surface area (Å²) in [5.74, 6) is 0.138. The Morgan fingerprint density at radius 1 is 0.278 bits per heavy atom. The summed E-state index contributed by atoms with van der Waals surface area (Å²) in [6.07, 6.45) is 55.6. The highest BCUT2D eigenvalue weighted by Gasteiger charge is 2.30. The van der Waals surface area contributed by atoms with Crippen LogP contribution in [0.25, 0.3) is 0 Å². The van der Waals surface area contributed by atoms with E-state index in [0.29, 0.717) is 31.6 Å². The quantitative estimate of drug-likeness (QED) is 0.0222. The second-order valence-electron chi connectivity index (χ2n) is 29.5. The van der Waals surface area contributed by atoms with Crippen molar-refractivity contribution in [1.82, 2.24) is 0 Å². The van der Waals surface area contributed by atoms with Gasteiger partial charge in [-0.3, -0.25) is 37.3 Å². The third kappa shape index (κ3) is 72.2. The van der Waals surface area contributed by atoms with Crippen molar-refractivity contribution < 1.29 is 80.2 Å². The van der Waals surface area contributed by atoms with E-state index in [2.05, 4.69) is 48.5 Å². The highest BCUT2D eigenvalue weighted by atomic mass is 31.2. The minimum atomic E-state index is -4.96. The number of hydrogen-bond acceptors (Lipinski definition) is 15. The summed E-state index contributed by atoms with van der Waals surface area (Å²) in [6.45, 7) is 11.9.